The molecule has 0 bridgehead atoms. The minimum atomic E-state index is -0.543. The molecule has 0 spiro atoms. The van der Waals surface area contributed by atoms with E-state index in [1.165, 1.54) is 186 Å². The van der Waals surface area contributed by atoms with Crippen LogP contribution in [0.25, 0.3) is 0 Å². The van der Waals surface area contributed by atoms with Crippen molar-refractivity contribution in [1.29, 1.82) is 0 Å². The van der Waals surface area contributed by atoms with E-state index in [1.54, 1.807) is 7.11 Å². The number of carbonyl (C=O) groups excluding carboxylic acids is 1. The second-order valence-electron chi connectivity index (χ2n) is 15.0. The van der Waals surface area contributed by atoms with E-state index in [1.807, 2.05) is 13.8 Å². The summed E-state index contributed by atoms with van der Waals surface area (Å²) >= 11 is 0. The van der Waals surface area contributed by atoms with Gasteiger partial charge in [0.1, 0.15) is 0 Å². The Balaban J connectivity index is 3.24. The van der Waals surface area contributed by atoms with Crippen LogP contribution in [0.4, 0.5) is 0 Å². The lowest BCUT2D eigenvalue weighted by molar-refractivity contribution is -0.156. The highest BCUT2D eigenvalue weighted by Gasteiger charge is 2.29. The van der Waals surface area contributed by atoms with Crippen molar-refractivity contribution in [2.24, 2.45) is 11.3 Å². The Morgan fingerprint density at radius 1 is 0.500 bits per heavy atom. The van der Waals surface area contributed by atoms with Gasteiger partial charge >= 0.3 is 5.97 Å². The third-order valence-corrected chi connectivity index (χ3v) is 9.68. The Morgan fingerprint density at radius 3 is 1.11 bits per heavy atom. The van der Waals surface area contributed by atoms with E-state index < -0.39 is 5.41 Å². The molecule has 0 aromatic rings. The van der Waals surface area contributed by atoms with Crippen LogP contribution in [0.1, 0.15) is 227 Å². The van der Waals surface area contributed by atoms with Crippen LogP contribution in [0.15, 0.2) is 0 Å². The van der Waals surface area contributed by atoms with Crippen molar-refractivity contribution in [2.75, 3.05) is 20.3 Å². The number of esters is 1. The smallest absolute Gasteiger partial charge is 0.313 e. The van der Waals surface area contributed by atoms with E-state index in [2.05, 4.69) is 13.8 Å². The first kappa shape index (κ1) is 43.4. The fourth-order valence-corrected chi connectivity index (χ4v) is 6.50. The van der Waals surface area contributed by atoms with Gasteiger partial charge in [-0.3, -0.25) is 4.79 Å². The zero-order chi connectivity index (χ0) is 32.4. The maximum atomic E-state index is 12.0. The van der Waals surface area contributed by atoms with Gasteiger partial charge in [-0.2, -0.15) is 0 Å². The van der Waals surface area contributed by atoms with Crippen LogP contribution in [-0.4, -0.2) is 26.3 Å². The van der Waals surface area contributed by atoms with Gasteiger partial charge < -0.3 is 9.47 Å². The Morgan fingerprint density at radius 2 is 0.795 bits per heavy atom. The van der Waals surface area contributed by atoms with Gasteiger partial charge in [-0.05, 0) is 26.2 Å². The zero-order valence-corrected chi connectivity index (χ0v) is 31.1. The van der Waals surface area contributed by atoms with Gasteiger partial charge in [0, 0.05) is 7.11 Å². The summed E-state index contributed by atoms with van der Waals surface area (Å²) in [6.45, 7) is 9.50. The molecule has 0 aromatic carbocycles. The molecule has 0 aliphatic heterocycles. The van der Waals surface area contributed by atoms with E-state index in [-0.39, 0.29) is 5.97 Å². The van der Waals surface area contributed by atoms with Crippen molar-refractivity contribution >= 4 is 5.97 Å². The zero-order valence-electron chi connectivity index (χ0n) is 31.1. The first-order valence-corrected chi connectivity index (χ1v) is 20.1. The predicted molar refractivity (Wildman–Crippen MR) is 195 cm³/mol. The lowest BCUT2D eigenvalue weighted by Crippen LogP contribution is -2.31. The molecule has 0 amide bonds. The third-order valence-electron chi connectivity index (χ3n) is 9.68. The van der Waals surface area contributed by atoms with Crippen LogP contribution in [-0.2, 0) is 14.3 Å². The molecule has 3 heteroatoms. The Kier molecular flexibility index (Phi) is 33.3. The SMILES string of the molecule is CCCCCCCCCCCCCCCCCC[C@H](C)CCCCCCCCCCCCCCCOC(=O)C(C)(C)COC. The molecule has 264 valence electrons. The van der Waals surface area contributed by atoms with Crippen molar-refractivity contribution in [3.63, 3.8) is 0 Å². The fraction of sp³-hybridized carbons (Fsp3) is 0.976. The van der Waals surface area contributed by atoms with Crippen molar-refractivity contribution in [1.82, 2.24) is 0 Å². The minimum absolute atomic E-state index is 0.144. The highest BCUT2D eigenvalue weighted by Crippen LogP contribution is 2.20. The van der Waals surface area contributed by atoms with Gasteiger partial charge in [-0.15, -0.1) is 0 Å². The molecular formula is C41H82O3. The monoisotopic (exact) mass is 623 g/mol. The summed E-state index contributed by atoms with van der Waals surface area (Å²) in [4.78, 5) is 12.0. The third kappa shape index (κ3) is 31.4. The summed E-state index contributed by atoms with van der Waals surface area (Å²) in [5.74, 6) is 0.791. The first-order chi connectivity index (χ1) is 21.4. The molecule has 44 heavy (non-hydrogen) atoms. The van der Waals surface area contributed by atoms with Gasteiger partial charge in [0.15, 0.2) is 0 Å². The minimum Gasteiger partial charge on any atom is -0.465 e. The van der Waals surface area contributed by atoms with Crippen LogP contribution in [0.3, 0.4) is 0 Å². The fourth-order valence-electron chi connectivity index (χ4n) is 6.50. The Hall–Kier alpha value is -0.570. The molecule has 0 heterocycles. The number of ether oxygens (including phenoxy) is 2. The van der Waals surface area contributed by atoms with Gasteiger partial charge in [0.2, 0.25) is 0 Å². The Bertz CT molecular complexity index is 572. The number of carbonyl (C=O) groups is 1. The summed E-state index contributed by atoms with van der Waals surface area (Å²) in [6, 6.07) is 0. The van der Waals surface area contributed by atoms with E-state index in [0.29, 0.717) is 13.2 Å². The molecule has 0 aromatic heterocycles. The van der Waals surface area contributed by atoms with Crippen LogP contribution in [0.2, 0.25) is 0 Å². The number of hydrogen-bond acceptors (Lipinski definition) is 3. The summed E-state index contributed by atoms with van der Waals surface area (Å²) < 4.78 is 10.5. The molecule has 1 atom stereocenters. The number of rotatable bonds is 36. The summed E-state index contributed by atoms with van der Waals surface area (Å²) in [6.07, 6.45) is 43.8. The molecule has 3 nitrogen and oxygen atoms in total. The Labute approximate surface area is 278 Å². The van der Waals surface area contributed by atoms with Crippen LogP contribution >= 0.6 is 0 Å². The molecule has 0 radical (unpaired) electrons. The number of methoxy groups -OCH3 is 1. The normalized spacial score (nSPS) is 12.6. The molecular weight excluding hydrogens is 540 g/mol. The average Bonchev–Trinajstić information content (AvgIpc) is 3.00. The number of hydrogen-bond donors (Lipinski definition) is 0. The molecule has 0 N–H and O–H groups in total. The molecule has 0 rings (SSSR count). The molecule has 0 aliphatic carbocycles. The molecule has 0 aliphatic rings. The maximum absolute atomic E-state index is 12.0. The first-order valence-electron chi connectivity index (χ1n) is 20.1. The molecule has 0 saturated carbocycles. The van der Waals surface area contributed by atoms with Gasteiger partial charge in [-0.25, -0.2) is 0 Å². The predicted octanol–water partition coefficient (Wildman–Crippen LogP) is 14.0. The summed E-state index contributed by atoms with van der Waals surface area (Å²) in [5.41, 5.74) is -0.543. The van der Waals surface area contributed by atoms with E-state index in [4.69, 9.17) is 9.47 Å². The topological polar surface area (TPSA) is 35.5 Å². The second kappa shape index (κ2) is 33.8. The quantitative estimate of drug-likeness (QED) is 0.0515. The molecule has 0 unspecified atom stereocenters. The lowest BCUT2D eigenvalue weighted by Gasteiger charge is -2.21. The van der Waals surface area contributed by atoms with Gasteiger partial charge in [-0.1, -0.05) is 206 Å². The van der Waals surface area contributed by atoms with Crippen LogP contribution in [0.5, 0.6) is 0 Å². The summed E-state index contributed by atoms with van der Waals surface area (Å²) in [7, 11) is 1.62. The molecule has 0 saturated heterocycles. The largest absolute Gasteiger partial charge is 0.465 e. The lowest BCUT2D eigenvalue weighted by atomic mass is 9.95. The van der Waals surface area contributed by atoms with Crippen LogP contribution in [0, 0.1) is 11.3 Å². The van der Waals surface area contributed by atoms with Gasteiger partial charge in [0.25, 0.3) is 0 Å². The van der Waals surface area contributed by atoms with Crippen molar-refractivity contribution in [2.45, 2.75) is 227 Å². The standard InChI is InChI=1S/C41H82O3/c1-6-7-8-9-10-11-12-13-14-15-17-20-23-26-29-32-35-39(2)36-33-30-27-24-21-18-16-19-22-25-28-31-34-37-44-40(42)41(3,4)38-43-5/h39H,6-38H2,1-5H3/t39-/m0/s1. The van der Waals surface area contributed by atoms with Crippen molar-refractivity contribution in [3.8, 4) is 0 Å². The van der Waals surface area contributed by atoms with Crippen molar-refractivity contribution in [3.05, 3.63) is 0 Å². The van der Waals surface area contributed by atoms with Crippen LogP contribution < -0.4 is 0 Å². The highest BCUT2D eigenvalue weighted by atomic mass is 16.5. The molecule has 0 fully saturated rings. The van der Waals surface area contributed by atoms with E-state index in [9.17, 15) is 4.79 Å². The second-order valence-corrected chi connectivity index (χ2v) is 15.0. The van der Waals surface area contributed by atoms with E-state index >= 15 is 0 Å². The van der Waals surface area contributed by atoms with E-state index in [0.717, 1.165) is 18.8 Å². The van der Waals surface area contributed by atoms with Crippen molar-refractivity contribution < 1.29 is 14.3 Å². The van der Waals surface area contributed by atoms with Gasteiger partial charge in [0.05, 0.1) is 18.6 Å². The summed E-state index contributed by atoms with van der Waals surface area (Å²) in [5, 5.41) is 0. The maximum Gasteiger partial charge on any atom is 0.313 e. The number of unbranched alkanes of at least 4 members (excludes halogenated alkanes) is 27. The highest BCUT2D eigenvalue weighted by molar-refractivity contribution is 5.76. The average molecular weight is 623 g/mol.